The minimum Gasteiger partial charge on any atom is -0.435 e. The Morgan fingerprint density at radius 1 is 1.05 bits per heavy atom. The van der Waals surface area contributed by atoms with Crippen molar-refractivity contribution >= 4 is 33.1 Å². The van der Waals surface area contributed by atoms with Gasteiger partial charge in [0.1, 0.15) is 5.52 Å². The molecule has 0 unspecified atom stereocenters. The van der Waals surface area contributed by atoms with Crippen molar-refractivity contribution in [3.8, 4) is 0 Å². The van der Waals surface area contributed by atoms with Crippen LogP contribution < -0.4 is 0 Å². The molecule has 1 aromatic heterocycles. The molecule has 0 bridgehead atoms. The lowest BCUT2D eigenvalue weighted by atomic mass is 10.2. The number of oxazole rings is 1. The zero-order valence-electron chi connectivity index (χ0n) is 10.8. The Balaban J connectivity index is 1.90. The quantitative estimate of drug-likeness (QED) is 0.633. The Kier molecular flexibility index (Phi) is 3.59. The molecule has 2 nitrogen and oxygen atoms in total. The summed E-state index contributed by atoms with van der Waals surface area (Å²) in [7, 11) is 0. The smallest absolute Gasteiger partial charge is 0.341 e. The van der Waals surface area contributed by atoms with E-state index >= 15 is 0 Å². The Bertz CT molecular complexity index is 760. The van der Waals surface area contributed by atoms with Crippen molar-refractivity contribution in [2.24, 2.45) is 0 Å². The maximum Gasteiger partial charge on any atom is 0.341 e. The number of aromatic nitrogens is 1. The minimum absolute atomic E-state index is 0.351. The van der Waals surface area contributed by atoms with Crippen molar-refractivity contribution in [1.82, 2.24) is 4.98 Å². The topological polar surface area (TPSA) is 26.0 Å². The van der Waals surface area contributed by atoms with Crippen LogP contribution in [0.3, 0.4) is 0 Å². The Hall–Kier alpha value is -2.01. The zero-order chi connectivity index (χ0) is 14.9. The monoisotopic (exact) mass is 349 g/mol. The van der Waals surface area contributed by atoms with Gasteiger partial charge in [0.15, 0.2) is 5.58 Å². The Morgan fingerprint density at radius 3 is 2.48 bits per heavy atom. The van der Waals surface area contributed by atoms with Crippen molar-refractivity contribution in [3.63, 3.8) is 0 Å². The van der Waals surface area contributed by atoms with E-state index in [0.29, 0.717) is 16.7 Å². The number of alkyl halides is 2. The molecule has 3 aromatic rings. The van der Waals surface area contributed by atoms with Gasteiger partial charge in [-0.05, 0) is 35.9 Å². The van der Waals surface area contributed by atoms with Gasteiger partial charge in [-0.15, -0.1) is 0 Å². The van der Waals surface area contributed by atoms with Crippen LogP contribution in [0.5, 0.6) is 0 Å². The van der Waals surface area contributed by atoms with E-state index in [4.69, 9.17) is 4.42 Å². The third kappa shape index (κ3) is 3.03. The summed E-state index contributed by atoms with van der Waals surface area (Å²) in [6, 6.07) is 13.7. The second-order valence-corrected chi connectivity index (χ2v) is 5.41. The third-order valence-corrected chi connectivity index (χ3v) is 3.46. The van der Waals surface area contributed by atoms with E-state index in [1.807, 2.05) is 0 Å². The lowest BCUT2D eigenvalue weighted by Crippen LogP contribution is -2.09. The lowest BCUT2D eigenvalue weighted by molar-refractivity contribution is 0.0243. The average Bonchev–Trinajstić information content (AvgIpc) is 2.91. The van der Waals surface area contributed by atoms with Crippen LogP contribution >= 0.6 is 15.9 Å². The van der Waals surface area contributed by atoms with Crippen LogP contribution in [0.4, 0.5) is 8.78 Å². The van der Waals surface area contributed by atoms with E-state index in [0.717, 1.165) is 10.5 Å². The van der Waals surface area contributed by atoms with Crippen LogP contribution in [0, 0.1) is 0 Å². The van der Waals surface area contributed by atoms with Crippen molar-refractivity contribution in [2.75, 3.05) is 0 Å². The number of rotatable bonds is 3. The van der Waals surface area contributed by atoms with Crippen LogP contribution in [-0.2, 0) is 5.92 Å². The first-order valence-corrected chi connectivity index (χ1v) is 7.02. The number of hydrogen-bond acceptors (Lipinski definition) is 2. The number of benzene rings is 2. The van der Waals surface area contributed by atoms with Gasteiger partial charge in [0.2, 0.25) is 0 Å². The summed E-state index contributed by atoms with van der Waals surface area (Å²) in [5, 5.41) is 0. The first-order valence-electron chi connectivity index (χ1n) is 6.23. The maximum absolute atomic E-state index is 14.1. The van der Waals surface area contributed by atoms with Crippen LogP contribution in [0.1, 0.15) is 11.5 Å². The first kappa shape index (κ1) is 13.9. The molecule has 3 rings (SSSR count). The molecule has 1 heterocycles. The maximum atomic E-state index is 14.1. The van der Waals surface area contributed by atoms with Gasteiger partial charge in [-0.3, -0.25) is 0 Å². The summed E-state index contributed by atoms with van der Waals surface area (Å²) in [6.45, 7) is 0. The zero-order valence-corrected chi connectivity index (χ0v) is 12.3. The summed E-state index contributed by atoms with van der Waals surface area (Å²) < 4.78 is 34.2. The van der Waals surface area contributed by atoms with E-state index in [2.05, 4.69) is 20.9 Å². The van der Waals surface area contributed by atoms with E-state index in [1.54, 1.807) is 48.5 Å². The van der Waals surface area contributed by atoms with E-state index in [9.17, 15) is 8.78 Å². The second kappa shape index (κ2) is 5.41. The molecular weight excluding hydrogens is 340 g/mol. The fourth-order valence-corrected chi connectivity index (χ4v) is 2.13. The molecule has 0 N–H and O–H groups in total. The number of allylic oxidation sites excluding steroid dienone is 1. The standard InChI is InChI=1S/C16H10BrF2NO/c17-12-7-5-11(6-8-12)9-10-16(18,19)15-20-13-3-1-2-4-14(13)21-15/h1-10H/b10-9+. The molecule has 106 valence electrons. The predicted octanol–water partition coefficient (Wildman–Crippen LogP) is 5.40. The number of nitrogens with zero attached hydrogens (tertiary/aromatic N) is 1. The second-order valence-electron chi connectivity index (χ2n) is 4.49. The highest BCUT2D eigenvalue weighted by molar-refractivity contribution is 9.10. The molecule has 0 aliphatic rings. The molecule has 0 amide bonds. The van der Waals surface area contributed by atoms with Gasteiger partial charge in [-0.1, -0.05) is 46.3 Å². The summed E-state index contributed by atoms with van der Waals surface area (Å²) in [6.07, 6.45) is 2.14. The fraction of sp³-hybridized carbons (Fsp3) is 0.0625. The van der Waals surface area contributed by atoms with Crippen LogP contribution in [0.25, 0.3) is 17.2 Å². The largest absolute Gasteiger partial charge is 0.435 e. The molecule has 0 atom stereocenters. The molecule has 0 saturated carbocycles. The van der Waals surface area contributed by atoms with Gasteiger partial charge < -0.3 is 4.42 Å². The van der Waals surface area contributed by atoms with E-state index in [1.165, 1.54) is 6.08 Å². The molecule has 0 aliphatic heterocycles. The molecule has 0 spiro atoms. The fourth-order valence-electron chi connectivity index (χ4n) is 1.86. The predicted molar refractivity (Wildman–Crippen MR) is 81.1 cm³/mol. The SMILES string of the molecule is FC(F)(/C=C/c1ccc(Br)cc1)c1nc2ccccc2o1. The van der Waals surface area contributed by atoms with Crippen LogP contribution in [0.2, 0.25) is 0 Å². The van der Waals surface area contributed by atoms with Gasteiger partial charge in [0, 0.05) is 4.47 Å². The highest BCUT2D eigenvalue weighted by Crippen LogP contribution is 2.32. The molecule has 0 aliphatic carbocycles. The third-order valence-electron chi connectivity index (χ3n) is 2.93. The van der Waals surface area contributed by atoms with Crippen LogP contribution in [0.15, 0.2) is 63.5 Å². The van der Waals surface area contributed by atoms with Gasteiger partial charge in [0.05, 0.1) is 0 Å². The van der Waals surface area contributed by atoms with Crippen molar-refractivity contribution in [2.45, 2.75) is 5.92 Å². The first-order chi connectivity index (χ1) is 10.0. The van der Waals surface area contributed by atoms with E-state index < -0.39 is 11.8 Å². The molecule has 2 aromatic carbocycles. The van der Waals surface area contributed by atoms with Crippen molar-refractivity contribution in [1.29, 1.82) is 0 Å². The molecular formula is C16H10BrF2NO. The highest BCUT2D eigenvalue weighted by Gasteiger charge is 2.34. The van der Waals surface area contributed by atoms with Gasteiger partial charge in [-0.2, -0.15) is 8.78 Å². The highest BCUT2D eigenvalue weighted by atomic mass is 79.9. The summed E-state index contributed by atoms with van der Waals surface area (Å²) in [5.74, 6) is -3.86. The summed E-state index contributed by atoms with van der Waals surface area (Å²) >= 11 is 3.30. The minimum atomic E-state index is -3.26. The number of fused-ring (bicyclic) bond motifs is 1. The number of hydrogen-bond donors (Lipinski definition) is 0. The normalized spacial score (nSPS) is 12.3. The molecule has 0 fully saturated rings. The lowest BCUT2D eigenvalue weighted by Gasteiger charge is -2.06. The molecule has 0 saturated heterocycles. The van der Waals surface area contributed by atoms with Crippen molar-refractivity contribution < 1.29 is 13.2 Å². The number of halogens is 3. The summed E-state index contributed by atoms with van der Waals surface area (Å²) in [5.41, 5.74) is 1.45. The Morgan fingerprint density at radius 2 is 1.76 bits per heavy atom. The Labute approximate surface area is 128 Å². The summed E-state index contributed by atoms with van der Waals surface area (Å²) in [4.78, 5) is 3.84. The van der Waals surface area contributed by atoms with Gasteiger partial charge in [0.25, 0.3) is 5.89 Å². The molecule has 0 radical (unpaired) electrons. The number of para-hydroxylation sites is 2. The van der Waals surface area contributed by atoms with E-state index in [-0.39, 0.29) is 0 Å². The van der Waals surface area contributed by atoms with Gasteiger partial charge in [-0.25, -0.2) is 4.98 Å². The molecule has 21 heavy (non-hydrogen) atoms. The van der Waals surface area contributed by atoms with Gasteiger partial charge >= 0.3 is 5.92 Å². The van der Waals surface area contributed by atoms with Crippen LogP contribution in [-0.4, -0.2) is 4.98 Å². The average molecular weight is 350 g/mol. The molecule has 5 heteroatoms. The van der Waals surface area contributed by atoms with Crippen molar-refractivity contribution in [3.05, 3.63) is 70.5 Å².